The van der Waals surface area contributed by atoms with E-state index in [1.807, 2.05) is 60.7 Å². The lowest BCUT2D eigenvalue weighted by molar-refractivity contribution is 0.299. The summed E-state index contributed by atoms with van der Waals surface area (Å²) in [7, 11) is 0. The molecule has 0 spiro atoms. The number of rotatable bonds is 5. The molecular formula is C45H37N3. The van der Waals surface area contributed by atoms with Gasteiger partial charge in [0.15, 0.2) is 17.5 Å². The average molecular weight is 620 g/mol. The summed E-state index contributed by atoms with van der Waals surface area (Å²) in [5.74, 6) is 1.98. The third-order valence-corrected chi connectivity index (χ3v) is 10.5. The zero-order valence-electron chi connectivity index (χ0n) is 27.8. The highest BCUT2D eigenvalue weighted by Crippen LogP contribution is 2.54. The fourth-order valence-corrected chi connectivity index (χ4v) is 7.12. The van der Waals surface area contributed by atoms with Crippen LogP contribution in [0.15, 0.2) is 152 Å². The largest absolute Gasteiger partial charge is 0.208 e. The van der Waals surface area contributed by atoms with E-state index >= 15 is 0 Å². The summed E-state index contributed by atoms with van der Waals surface area (Å²) in [4.78, 5) is 14.7. The highest BCUT2D eigenvalue weighted by molar-refractivity contribution is 5.87. The number of aromatic nitrogens is 3. The van der Waals surface area contributed by atoms with Crippen molar-refractivity contribution in [2.75, 3.05) is 0 Å². The molecule has 1 aliphatic rings. The van der Waals surface area contributed by atoms with Crippen LogP contribution >= 0.6 is 0 Å². The molecule has 0 fully saturated rings. The smallest absolute Gasteiger partial charge is 0.164 e. The average Bonchev–Trinajstić information content (AvgIpc) is 3.14. The third kappa shape index (κ3) is 4.94. The van der Waals surface area contributed by atoms with Crippen molar-refractivity contribution in [2.45, 2.75) is 38.5 Å². The van der Waals surface area contributed by atoms with Gasteiger partial charge >= 0.3 is 0 Å². The van der Waals surface area contributed by atoms with Gasteiger partial charge in [0.25, 0.3) is 0 Å². The van der Waals surface area contributed by atoms with E-state index < -0.39 is 0 Å². The first-order chi connectivity index (χ1) is 23.3. The third-order valence-electron chi connectivity index (χ3n) is 10.5. The van der Waals surface area contributed by atoms with Gasteiger partial charge in [0.05, 0.1) is 0 Å². The Bertz CT molecular complexity index is 2210. The maximum atomic E-state index is 4.93. The number of hydrogen-bond acceptors (Lipinski definition) is 3. The second kappa shape index (κ2) is 11.5. The lowest BCUT2D eigenvalue weighted by Crippen LogP contribution is -2.43. The van der Waals surface area contributed by atoms with Crippen LogP contribution in [0, 0.1) is 0 Å². The second-order valence-electron chi connectivity index (χ2n) is 13.7. The van der Waals surface area contributed by atoms with E-state index in [2.05, 4.69) is 119 Å². The van der Waals surface area contributed by atoms with E-state index in [-0.39, 0.29) is 10.8 Å². The van der Waals surface area contributed by atoms with Crippen LogP contribution in [0.4, 0.5) is 0 Å². The highest BCUT2D eigenvalue weighted by Gasteiger charge is 2.45. The van der Waals surface area contributed by atoms with E-state index in [1.54, 1.807) is 0 Å². The molecule has 0 N–H and O–H groups in total. The van der Waals surface area contributed by atoms with Crippen LogP contribution in [0.2, 0.25) is 0 Å². The Morgan fingerprint density at radius 2 is 0.688 bits per heavy atom. The molecule has 1 heterocycles. The van der Waals surface area contributed by atoms with Crippen molar-refractivity contribution in [1.29, 1.82) is 0 Å². The molecule has 1 aliphatic carbocycles. The van der Waals surface area contributed by atoms with Gasteiger partial charge in [-0.3, -0.25) is 0 Å². The van der Waals surface area contributed by atoms with Gasteiger partial charge in [-0.2, -0.15) is 0 Å². The monoisotopic (exact) mass is 619 g/mol. The summed E-state index contributed by atoms with van der Waals surface area (Å²) >= 11 is 0. The van der Waals surface area contributed by atoms with Gasteiger partial charge in [-0.25, -0.2) is 15.0 Å². The molecule has 0 amide bonds. The summed E-state index contributed by atoms with van der Waals surface area (Å²) in [5, 5.41) is 0. The van der Waals surface area contributed by atoms with Crippen LogP contribution in [0.1, 0.15) is 38.8 Å². The van der Waals surface area contributed by atoms with Crippen molar-refractivity contribution >= 4 is 0 Å². The van der Waals surface area contributed by atoms with Crippen molar-refractivity contribution < 1.29 is 0 Å². The molecule has 7 aromatic rings. The summed E-state index contributed by atoms with van der Waals surface area (Å²) in [6.07, 6.45) is 0. The van der Waals surface area contributed by atoms with E-state index in [0.29, 0.717) is 17.5 Å². The Morgan fingerprint density at radius 3 is 1.25 bits per heavy atom. The van der Waals surface area contributed by atoms with E-state index in [9.17, 15) is 0 Å². The normalized spacial score (nSPS) is 14.2. The molecule has 0 saturated heterocycles. The Kier molecular flexibility index (Phi) is 7.14. The summed E-state index contributed by atoms with van der Waals surface area (Å²) in [6.45, 7) is 9.55. The number of nitrogens with zero attached hydrogens (tertiary/aromatic N) is 3. The molecule has 8 rings (SSSR count). The van der Waals surface area contributed by atoms with Crippen LogP contribution in [0.5, 0.6) is 0 Å². The van der Waals surface area contributed by atoms with Crippen molar-refractivity contribution in [3.63, 3.8) is 0 Å². The van der Waals surface area contributed by atoms with Crippen LogP contribution in [-0.2, 0) is 10.8 Å². The fourth-order valence-electron chi connectivity index (χ4n) is 7.12. The standard InChI is InChI=1S/C45H37N3/c1-44(2)39-22-14-13-21-37(39)38-28-27-34(29-40(38)45(44,3)4)36-20-12-11-19-35(36)30-23-25-33(26-24-30)43-47-41(31-15-7-5-8-16-31)46-42(48-43)32-17-9-6-10-18-32/h5-29H,1-4H3. The minimum atomic E-state index is -0.0506. The molecule has 0 radical (unpaired) electrons. The Hall–Kier alpha value is -5.67. The van der Waals surface area contributed by atoms with Crippen molar-refractivity contribution in [3.05, 3.63) is 163 Å². The van der Waals surface area contributed by atoms with E-state index in [4.69, 9.17) is 15.0 Å². The summed E-state index contributed by atoms with van der Waals surface area (Å²) in [5.41, 5.74) is 13.1. The topological polar surface area (TPSA) is 38.7 Å². The molecule has 48 heavy (non-hydrogen) atoms. The quantitative estimate of drug-likeness (QED) is 0.192. The van der Waals surface area contributed by atoms with Gasteiger partial charge in [0, 0.05) is 16.7 Å². The minimum Gasteiger partial charge on any atom is -0.208 e. The van der Waals surface area contributed by atoms with Crippen molar-refractivity contribution in [3.8, 4) is 67.5 Å². The molecule has 232 valence electrons. The molecule has 0 aliphatic heterocycles. The van der Waals surface area contributed by atoms with Crippen LogP contribution < -0.4 is 0 Å². The molecular weight excluding hydrogens is 583 g/mol. The predicted molar refractivity (Wildman–Crippen MR) is 198 cm³/mol. The van der Waals surface area contributed by atoms with Gasteiger partial charge in [-0.05, 0) is 61.4 Å². The number of benzene rings is 6. The molecule has 0 atom stereocenters. The summed E-state index contributed by atoms with van der Waals surface area (Å²) < 4.78 is 0. The SMILES string of the molecule is CC1(C)c2ccccc2-c2ccc(-c3ccccc3-c3ccc(-c4nc(-c5ccccc5)nc(-c5ccccc5)n4)cc3)cc2C1(C)C. The summed E-state index contributed by atoms with van der Waals surface area (Å²) in [6, 6.07) is 53.5. The van der Waals surface area contributed by atoms with Crippen molar-refractivity contribution in [1.82, 2.24) is 15.0 Å². The minimum absolute atomic E-state index is 0.0135. The Morgan fingerprint density at radius 1 is 0.312 bits per heavy atom. The van der Waals surface area contributed by atoms with Crippen LogP contribution in [0.25, 0.3) is 67.5 Å². The van der Waals surface area contributed by atoms with Gasteiger partial charge in [-0.1, -0.05) is 173 Å². The fraction of sp³-hybridized carbons (Fsp3) is 0.133. The first-order valence-electron chi connectivity index (χ1n) is 16.6. The molecule has 3 nitrogen and oxygen atoms in total. The van der Waals surface area contributed by atoms with Gasteiger partial charge in [0.1, 0.15) is 0 Å². The first-order valence-corrected chi connectivity index (χ1v) is 16.6. The second-order valence-corrected chi connectivity index (χ2v) is 13.7. The highest BCUT2D eigenvalue weighted by atomic mass is 15.0. The predicted octanol–water partition coefficient (Wildman–Crippen LogP) is 11.4. The maximum absolute atomic E-state index is 4.93. The van der Waals surface area contributed by atoms with E-state index in [0.717, 1.165) is 22.3 Å². The Labute approximate surface area is 283 Å². The molecule has 1 aromatic heterocycles. The Balaban J connectivity index is 1.19. The number of hydrogen-bond donors (Lipinski definition) is 0. The maximum Gasteiger partial charge on any atom is 0.164 e. The van der Waals surface area contributed by atoms with Crippen LogP contribution in [0.3, 0.4) is 0 Å². The van der Waals surface area contributed by atoms with Crippen LogP contribution in [-0.4, -0.2) is 15.0 Å². The molecule has 0 saturated carbocycles. The molecule has 0 bridgehead atoms. The zero-order chi connectivity index (χ0) is 32.9. The van der Waals surface area contributed by atoms with Gasteiger partial charge < -0.3 is 0 Å². The molecule has 3 heteroatoms. The van der Waals surface area contributed by atoms with E-state index in [1.165, 1.54) is 38.9 Å². The van der Waals surface area contributed by atoms with Gasteiger partial charge in [-0.15, -0.1) is 0 Å². The lowest BCUT2D eigenvalue weighted by atomic mass is 9.55. The molecule has 0 unspecified atom stereocenters. The zero-order valence-corrected chi connectivity index (χ0v) is 27.8. The van der Waals surface area contributed by atoms with Crippen molar-refractivity contribution in [2.24, 2.45) is 0 Å². The van der Waals surface area contributed by atoms with Gasteiger partial charge in [0.2, 0.25) is 0 Å². The first kappa shape index (κ1) is 29.7. The lowest BCUT2D eigenvalue weighted by Gasteiger charge is -2.48. The number of fused-ring (bicyclic) bond motifs is 3. The molecule has 6 aromatic carbocycles.